The van der Waals surface area contributed by atoms with E-state index in [1.807, 2.05) is 56.9 Å². The van der Waals surface area contributed by atoms with Gasteiger partial charge in [-0.2, -0.15) is 0 Å². The predicted molar refractivity (Wildman–Crippen MR) is 164 cm³/mol. The fourth-order valence-corrected chi connectivity index (χ4v) is 4.22. The van der Waals surface area contributed by atoms with E-state index in [-0.39, 0.29) is 53.8 Å². The third-order valence-corrected chi connectivity index (χ3v) is 7.20. The van der Waals surface area contributed by atoms with Crippen molar-refractivity contribution in [3.63, 3.8) is 0 Å². The van der Waals surface area contributed by atoms with Gasteiger partial charge in [-0.05, 0) is 29.4 Å². The van der Waals surface area contributed by atoms with Crippen LogP contribution in [0.2, 0.25) is 0 Å². The highest BCUT2D eigenvalue weighted by atomic mass is 16.2. The Hall–Kier alpha value is -3.47. The zero-order valence-corrected chi connectivity index (χ0v) is 26.5. The van der Waals surface area contributed by atoms with Gasteiger partial charge >= 0.3 is 0 Å². The van der Waals surface area contributed by atoms with Gasteiger partial charge in [0.2, 0.25) is 29.5 Å². The van der Waals surface area contributed by atoms with Gasteiger partial charge in [-0.1, -0.05) is 65.3 Å². The van der Waals surface area contributed by atoms with Crippen molar-refractivity contribution in [1.29, 1.82) is 0 Å². The van der Waals surface area contributed by atoms with E-state index in [0.29, 0.717) is 45.7 Å². The largest absolute Gasteiger partial charge is 0.355 e. The Bertz CT molecular complexity index is 994. The molecular formula is C31H52N6O5. The lowest BCUT2D eigenvalue weighted by molar-refractivity contribution is -0.132. The van der Waals surface area contributed by atoms with E-state index in [4.69, 9.17) is 0 Å². The number of rotatable bonds is 19. The molecule has 0 spiro atoms. The Balaban J connectivity index is 2.62. The van der Waals surface area contributed by atoms with Crippen LogP contribution < -0.4 is 26.6 Å². The first kappa shape index (κ1) is 36.6. The molecule has 5 amide bonds. The van der Waals surface area contributed by atoms with E-state index in [1.165, 1.54) is 13.8 Å². The molecule has 1 aromatic carbocycles. The van der Waals surface area contributed by atoms with Gasteiger partial charge in [0.1, 0.15) is 6.04 Å². The molecule has 0 aromatic heterocycles. The molecule has 0 bridgehead atoms. The van der Waals surface area contributed by atoms with Gasteiger partial charge in [-0.3, -0.25) is 28.9 Å². The zero-order valence-electron chi connectivity index (χ0n) is 26.5. The number of carbonyl (C=O) groups excluding carboxylic acids is 5. The minimum atomic E-state index is -0.588. The van der Waals surface area contributed by atoms with Crippen LogP contribution in [0.3, 0.4) is 0 Å². The summed E-state index contributed by atoms with van der Waals surface area (Å²) in [5.41, 5.74) is 1.81. The summed E-state index contributed by atoms with van der Waals surface area (Å²) in [6.07, 6.45) is 1.45. The topological polar surface area (TPSA) is 149 Å². The fraction of sp³-hybridized carbons (Fsp3) is 0.645. The van der Waals surface area contributed by atoms with E-state index in [2.05, 4.69) is 33.5 Å². The van der Waals surface area contributed by atoms with Crippen molar-refractivity contribution in [2.75, 3.05) is 32.7 Å². The highest BCUT2D eigenvalue weighted by Gasteiger charge is 2.26. The second kappa shape index (κ2) is 19.6. The normalized spacial score (nSPS) is 13.2. The number of carbonyl (C=O) groups is 5. The Morgan fingerprint density at radius 2 is 1.24 bits per heavy atom. The van der Waals surface area contributed by atoms with Crippen LogP contribution >= 0.6 is 0 Å². The SMILES string of the molecule is CCC(C)[C@H](C)C(=O)N[C@@H](CC(C)C)C(=O)NCc1ccc(CNC(=O)CN(CCNC(C)=O)CCNC(C)=O)cc1. The molecule has 0 aliphatic heterocycles. The van der Waals surface area contributed by atoms with Crippen LogP contribution in [-0.2, 0) is 37.1 Å². The molecule has 1 rings (SSSR count). The fourth-order valence-electron chi connectivity index (χ4n) is 4.22. The molecule has 42 heavy (non-hydrogen) atoms. The molecule has 0 saturated heterocycles. The average molecular weight is 589 g/mol. The molecule has 11 heteroatoms. The monoisotopic (exact) mass is 588 g/mol. The third kappa shape index (κ3) is 15.5. The van der Waals surface area contributed by atoms with Gasteiger partial charge in [-0.15, -0.1) is 0 Å². The van der Waals surface area contributed by atoms with Crippen molar-refractivity contribution in [3.05, 3.63) is 35.4 Å². The molecule has 0 saturated carbocycles. The van der Waals surface area contributed by atoms with Crippen molar-refractivity contribution in [2.45, 2.75) is 80.4 Å². The van der Waals surface area contributed by atoms with E-state index >= 15 is 0 Å². The van der Waals surface area contributed by atoms with Crippen molar-refractivity contribution in [2.24, 2.45) is 17.8 Å². The minimum absolute atomic E-state index is 0.0971. The summed E-state index contributed by atoms with van der Waals surface area (Å²) in [6.45, 7) is 15.5. The molecule has 0 aliphatic rings. The van der Waals surface area contributed by atoms with Gasteiger partial charge in [0.25, 0.3) is 0 Å². The van der Waals surface area contributed by atoms with Crippen LogP contribution in [-0.4, -0.2) is 73.2 Å². The van der Waals surface area contributed by atoms with E-state index in [1.54, 1.807) is 0 Å². The third-order valence-electron chi connectivity index (χ3n) is 7.20. The van der Waals surface area contributed by atoms with Crippen molar-refractivity contribution in [1.82, 2.24) is 31.5 Å². The Morgan fingerprint density at radius 1 is 0.738 bits per heavy atom. The van der Waals surface area contributed by atoms with Gasteiger partial charge in [0, 0.05) is 59.0 Å². The van der Waals surface area contributed by atoms with Crippen LogP contribution in [0, 0.1) is 17.8 Å². The average Bonchev–Trinajstić information content (AvgIpc) is 2.93. The molecule has 1 unspecified atom stereocenters. The number of nitrogens with zero attached hydrogens (tertiary/aromatic N) is 1. The quantitative estimate of drug-likeness (QED) is 0.166. The maximum Gasteiger partial charge on any atom is 0.242 e. The molecule has 1 aromatic rings. The summed E-state index contributed by atoms with van der Waals surface area (Å²) in [6, 6.07) is 7.00. The Morgan fingerprint density at radius 3 is 1.69 bits per heavy atom. The summed E-state index contributed by atoms with van der Waals surface area (Å²) >= 11 is 0. The highest BCUT2D eigenvalue weighted by Crippen LogP contribution is 2.16. The van der Waals surface area contributed by atoms with Gasteiger partial charge in [0.05, 0.1) is 6.54 Å². The molecule has 236 valence electrons. The zero-order chi connectivity index (χ0) is 31.7. The van der Waals surface area contributed by atoms with E-state index < -0.39 is 6.04 Å². The smallest absolute Gasteiger partial charge is 0.242 e. The van der Waals surface area contributed by atoms with Crippen LogP contribution in [0.1, 0.15) is 72.4 Å². The number of hydrogen-bond acceptors (Lipinski definition) is 6. The molecular weight excluding hydrogens is 536 g/mol. The lowest BCUT2D eigenvalue weighted by atomic mass is 9.92. The summed E-state index contributed by atoms with van der Waals surface area (Å²) in [5.74, 6) is -0.433. The Labute approximate surface area is 251 Å². The van der Waals surface area contributed by atoms with Gasteiger partial charge < -0.3 is 26.6 Å². The lowest BCUT2D eigenvalue weighted by Crippen LogP contribution is -2.49. The molecule has 0 heterocycles. The van der Waals surface area contributed by atoms with Crippen LogP contribution in [0.5, 0.6) is 0 Å². The molecule has 0 fully saturated rings. The van der Waals surface area contributed by atoms with Crippen molar-refractivity contribution < 1.29 is 24.0 Å². The van der Waals surface area contributed by atoms with Gasteiger partial charge in [0.15, 0.2) is 0 Å². The first-order valence-corrected chi connectivity index (χ1v) is 15.0. The first-order chi connectivity index (χ1) is 19.8. The summed E-state index contributed by atoms with van der Waals surface area (Å²) in [5, 5.41) is 14.2. The number of nitrogens with one attached hydrogen (secondary N) is 5. The number of hydrogen-bond donors (Lipinski definition) is 5. The summed E-state index contributed by atoms with van der Waals surface area (Å²) in [7, 11) is 0. The molecule has 0 aliphatic carbocycles. The lowest BCUT2D eigenvalue weighted by Gasteiger charge is -2.24. The minimum Gasteiger partial charge on any atom is -0.355 e. The highest BCUT2D eigenvalue weighted by molar-refractivity contribution is 5.88. The van der Waals surface area contributed by atoms with Crippen LogP contribution in [0.4, 0.5) is 0 Å². The van der Waals surface area contributed by atoms with E-state index in [9.17, 15) is 24.0 Å². The maximum atomic E-state index is 13.0. The number of benzene rings is 1. The molecule has 11 nitrogen and oxygen atoms in total. The number of amides is 5. The van der Waals surface area contributed by atoms with E-state index in [0.717, 1.165) is 17.5 Å². The first-order valence-electron chi connectivity index (χ1n) is 15.0. The maximum absolute atomic E-state index is 13.0. The predicted octanol–water partition coefficient (Wildman–Crippen LogP) is 1.71. The van der Waals surface area contributed by atoms with Crippen LogP contribution in [0.15, 0.2) is 24.3 Å². The Kier molecular flexibility index (Phi) is 17.1. The summed E-state index contributed by atoms with van der Waals surface area (Å²) in [4.78, 5) is 62.4. The summed E-state index contributed by atoms with van der Waals surface area (Å²) < 4.78 is 0. The van der Waals surface area contributed by atoms with Crippen molar-refractivity contribution in [3.8, 4) is 0 Å². The van der Waals surface area contributed by atoms with Crippen molar-refractivity contribution >= 4 is 29.5 Å². The second-order valence-corrected chi connectivity index (χ2v) is 11.4. The molecule has 5 N–H and O–H groups in total. The molecule has 0 radical (unpaired) electrons. The van der Waals surface area contributed by atoms with Crippen LogP contribution in [0.25, 0.3) is 0 Å². The second-order valence-electron chi connectivity index (χ2n) is 11.4. The van der Waals surface area contributed by atoms with Gasteiger partial charge in [-0.25, -0.2) is 0 Å². The standard InChI is InChI=1S/C31H52N6O5/c1-8-22(4)23(5)30(41)36-28(17-21(2)3)31(42)35-19-27-11-9-26(10-12-27)18-34-29(40)20-37(15-13-32-24(6)38)16-14-33-25(7)39/h9-12,21-23,28H,8,13-20H2,1-7H3,(H,32,38)(H,33,39)(H,34,40)(H,35,42)(H,36,41)/t22?,23-,28-/m0/s1. The molecule has 3 atom stereocenters.